The zero-order chi connectivity index (χ0) is 10.7. The SMILES string of the molecule is N#Cc1cc(I)c(Cl)cc1CC(=O)O. The molecule has 0 bridgehead atoms. The fourth-order valence-corrected chi connectivity index (χ4v) is 1.65. The predicted molar refractivity (Wildman–Crippen MR) is 60.2 cm³/mol. The first kappa shape index (κ1) is 11.3. The number of nitrogens with zero attached hydrogens (tertiary/aromatic N) is 1. The van der Waals surface area contributed by atoms with Crippen molar-refractivity contribution in [3.8, 4) is 6.07 Å². The molecule has 1 aromatic carbocycles. The lowest BCUT2D eigenvalue weighted by Gasteiger charge is -2.03. The fraction of sp³-hybridized carbons (Fsp3) is 0.111. The van der Waals surface area contributed by atoms with Crippen molar-refractivity contribution in [3.05, 3.63) is 31.9 Å². The molecule has 0 radical (unpaired) electrons. The molecule has 0 fully saturated rings. The zero-order valence-corrected chi connectivity index (χ0v) is 9.83. The van der Waals surface area contributed by atoms with Gasteiger partial charge in [0.1, 0.15) is 0 Å². The van der Waals surface area contributed by atoms with E-state index < -0.39 is 5.97 Å². The normalized spacial score (nSPS) is 9.50. The van der Waals surface area contributed by atoms with Gasteiger partial charge in [0.2, 0.25) is 0 Å². The minimum absolute atomic E-state index is 0.181. The van der Waals surface area contributed by atoms with Crippen molar-refractivity contribution in [3.63, 3.8) is 0 Å². The van der Waals surface area contributed by atoms with E-state index in [1.54, 1.807) is 6.07 Å². The highest BCUT2D eigenvalue weighted by Crippen LogP contribution is 2.23. The fourth-order valence-electron chi connectivity index (χ4n) is 1.00. The number of carboxylic acid groups (broad SMARTS) is 1. The lowest BCUT2D eigenvalue weighted by atomic mass is 10.1. The summed E-state index contributed by atoms with van der Waals surface area (Å²) in [5.74, 6) is -0.973. The second-order valence-corrected chi connectivity index (χ2v) is 4.18. The van der Waals surface area contributed by atoms with Crippen LogP contribution >= 0.6 is 34.2 Å². The molecule has 0 saturated carbocycles. The molecule has 14 heavy (non-hydrogen) atoms. The van der Waals surface area contributed by atoms with Gasteiger partial charge in [0.05, 0.1) is 23.1 Å². The Bertz CT molecular complexity index is 426. The van der Waals surface area contributed by atoms with E-state index in [1.165, 1.54) is 6.07 Å². The molecule has 0 heterocycles. The number of benzene rings is 1. The number of hydrogen-bond acceptors (Lipinski definition) is 2. The average molecular weight is 322 g/mol. The number of rotatable bonds is 2. The molecule has 3 nitrogen and oxygen atoms in total. The van der Waals surface area contributed by atoms with Crippen molar-refractivity contribution in [1.29, 1.82) is 5.26 Å². The van der Waals surface area contributed by atoms with Crippen LogP contribution in [-0.2, 0) is 11.2 Å². The third-order valence-electron chi connectivity index (χ3n) is 1.61. The van der Waals surface area contributed by atoms with Crippen molar-refractivity contribution in [2.75, 3.05) is 0 Å². The molecule has 0 unspecified atom stereocenters. The van der Waals surface area contributed by atoms with Crippen LogP contribution in [0.1, 0.15) is 11.1 Å². The van der Waals surface area contributed by atoms with E-state index in [2.05, 4.69) is 0 Å². The molecule has 0 spiro atoms. The van der Waals surface area contributed by atoms with Crippen LogP contribution in [0.15, 0.2) is 12.1 Å². The van der Waals surface area contributed by atoms with Crippen LogP contribution in [0.2, 0.25) is 5.02 Å². The first-order valence-electron chi connectivity index (χ1n) is 3.64. The summed E-state index contributed by atoms with van der Waals surface area (Å²) >= 11 is 7.81. The summed E-state index contributed by atoms with van der Waals surface area (Å²) < 4.78 is 0.745. The van der Waals surface area contributed by atoms with Crippen LogP contribution in [0.25, 0.3) is 0 Å². The molecule has 1 rings (SSSR count). The monoisotopic (exact) mass is 321 g/mol. The van der Waals surface area contributed by atoms with E-state index in [4.69, 9.17) is 22.0 Å². The molecule has 0 aliphatic carbocycles. The molecule has 1 N–H and O–H groups in total. The van der Waals surface area contributed by atoms with E-state index in [1.807, 2.05) is 28.7 Å². The molecule has 0 atom stereocenters. The van der Waals surface area contributed by atoms with Gasteiger partial charge >= 0.3 is 5.97 Å². The number of carboxylic acids is 1. The largest absolute Gasteiger partial charge is 0.481 e. The highest BCUT2D eigenvalue weighted by atomic mass is 127. The van der Waals surface area contributed by atoms with Crippen LogP contribution in [-0.4, -0.2) is 11.1 Å². The Morgan fingerprint density at radius 1 is 1.64 bits per heavy atom. The van der Waals surface area contributed by atoms with Gasteiger partial charge in [-0.05, 0) is 40.3 Å². The maximum Gasteiger partial charge on any atom is 0.307 e. The van der Waals surface area contributed by atoms with Crippen molar-refractivity contribution >= 4 is 40.2 Å². The van der Waals surface area contributed by atoms with Crippen LogP contribution in [0.5, 0.6) is 0 Å². The second kappa shape index (κ2) is 4.62. The summed E-state index contributed by atoms with van der Waals surface area (Å²) in [5, 5.41) is 17.8. The summed E-state index contributed by atoms with van der Waals surface area (Å²) in [6.07, 6.45) is -0.181. The molecule has 0 aromatic heterocycles. The number of aliphatic carboxylic acids is 1. The van der Waals surface area contributed by atoms with E-state index in [0.717, 1.165) is 3.57 Å². The number of nitriles is 1. The first-order chi connectivity index (χ1) is 6.54. The standard InChI is InChI=1S/C9H5ClINO2/c10-7-1-5(3-9(13)14)6(4-12)2-8(7)11/h1-2H,3H2,(H,13,14). The lowest BCUT2D eigenvalue weighted by molar-refractivity contribution is -0.136. The summed E-state index contributed by atoms with van der Waals surface area (Å²) in [6, 6.07) is 5.05. The molecule has 0 amide bonds. The van der Waals surface area contributed by atoms with Gasteiger partial charge in [0, 0.05) is 3.57 Å². The molecule has 1 aromatic rings. The van der Waals surface area contributed by atoms with Gasteiger partial charge in [-0.1, -0.05) is 11.6 Å². The second-order valence-electron chi connectivity index (χ2n) is 2.61. The molecular formula is C9H5ClINO2. The van der Waals surface area contributed by atoms with Crippen LogP contribution < -0.4 is 0 Å². The van der Waals surface area contributed by atoms with Gasteiger partial charge in [-0.15, -0.1) is 0 Å². The number of halogens is 2. The smallest absolute Gasteiger partial charge is 0.307 e. The van der Waals surface area contributed by atoms with Gasteiger partial charge in [-0.25, -0.2) is 0 Å². The highest BCUT2D eigenvalue weighted by molar-refractivity contribution is 14.1. The molecule has 0 saturated heterocycles. The van der Waals surface area contributed by atoms with Gasteiger partial charge in [-0.3, -0.25) is 4.79 Å². The average Bonchev–Trinajstić information content (AvgIpc) is 2.10. The van der Waals surface area contributed by atoms with Crippen molar-refractivity contribution in [2.24, 2.45) is 0 Å². The maximum absolute atomic E-state index is 10.5. The maximum atomic E-state index is 10.5. The molecule has 0 aliphatic rings. The van der Waals surface area contributed by atoms with E-state index in [-0.39, 0.29) is 6.42 Å². The molecule has 72 valence electrons. The van der Waals surface area contributed by atoms with Gasteiger partial charge in [0.15, 0.2) is 0 Å². The summed E-state index contributed by atoms with van der Waals surface area (Å²) in [4.78, 5) is 10.5. The number of hydrogen-bond donors (Lipinski definition) is 1. The van der Waals surface area contributed by atoms with Gasteiger partial charge < -0.3 is 5.11 Å². The minimum atomic E-state index is -0.973. The Balaban J connectivity index is 3.22. The van der Waals surface area contributed by atoms with Crippen LogP contribution in [0.3, 0.4) is 0 Å². The van der Waals surface area contributed by atoms with E-state index >= 15 is 0 Å². The predicted octanol–water partition coefficient (Wildman–Crippen LogP) is 2.44. The molecular weight excluding hydrogens is 316 g/mol. The summed E-state index contributed by atoms with van der Waals surface area (Å²) in [6.45, 7) is 0. The summed E-state index contributed by atoms with van der Waals surface area (Å²) in [7, 11) is 0. The Kier molecular flexibility index (Phi) is 3.72. The molecule has 5 heteroatoms. The van der Waals surface area contributed by atoms with E-state index in [0.29, 0.717) is 16.1 Å². The Morgan fingerprint density at radius 3 is 2.79 bits per heavy atom. The van der Waals surface area contributed by atoms with E-state index in [9.17, 15) is 4.79 Å². The Morgan fingerprint density at radius 2 is 2.29 bits per heavy atom. The highest BCUT2D eigenvalue weighted by Gasteiger charge is 2.09. The topological polar surface area (TPSA) is 61.1 Å². The zero-order valence-electron chi connectivity index (χ0n) is 6.92. The lowest BCUT2D eigenvalue weighted by Crippen LogP contribution is -2.02. The minimum Gasteiger partial charge on any atom is -0.481 e. The van der Waals surface area contributed by atoms with Gasteiger partial charge in [0.25, 0.3) is 0 Å². The Labute approximate surface area is 99.4 Å². The third-order valence-corrected chi connectivity index (χ3v) is 3.13. The molecule has 0 aliphatic heterocycles. The first-order valence-corrected chi connectivity index (χ1v) is 5.10. The van der Waals surface area contributed by atoms with Crippen LogP contribution in [0, 0.1) is 14.9 Å². The quantitative estimate of drug-likeness (QED) is 0.851. The van der Waals surface area contributed by atoms with Gasteiger partial charge in [-0.2, -0.15) is 5.26 Å². The van der Waals surface area contributed by atoms with Crippen molar-refractivity contribution in [2.45, 2.75) is 6.42 Å². The summed E-state index contributed by atoms with van der Waals surface area (Å²) in [5.41, 5.74) is 0.812. The van der Waals surface area contributed by atoms with Crippen molar-refractivity contribution < 1.29 is 9.90 Å². The van der Waals surface area contributed by atoms with Crippen molar-refractivity contribution in [1.82, 2.24) is 0 Å². The number of carbonyl (C=O) groups is 1. The Hall–Kier alpha value is -0.800. The third kappa shape index (κ3) is 2.59. The van der Waals surface area contributed by atoms with Crippen LogP contribution in [0.4, 0.5) is 0 Å².